The van der Waals surface area contributed by atoms with Crippen LogP contribution in [0.4, 0.5) is 4.39 Å². The first-order chi connectivity index (χ1) is 8.97. The fraction of sp³-hybridized carbons (Fsp3) is 0.154. The van der Waals surface area contributed by atoms with Gasteiger partial charge >= 0.3 is 0 Å². The van der Waals surface area contributed by atoms with Crippen LogP contribution in [0, 0.1) is 5.82 Å². The molecule has 19 heavy (non-hydrogen) atoms. The molecule has 0 aliphatic rings. The summed E-state index contributed by atoms with van der Waals surface area (Å²) in [5.74, 6) is 0.113. The summed E-state index contributed by atoms with van der Waals surface area (Å²) in [6, 6.07) is 6.03. The summed E-state index contributed by atoms with van der Waals surface area (Å²) in [5.41, 5.74) is 6.62. The molecule has 0 aliphatic carbocycles. The Bertz CT molecular complexity index is 590. The minimum absolute atomic E-state index is 0.0273. The highest BCUT2D eigenvalue weighted by atomic mass is 79.9. The van der Waals surface area contributed by atoms with Crippen LogP contribution in [0.15, 0.2) is 34.9 Å². The van der Waals surface area contributed by atoms with E-state index < -0.39 is 5.82 Å². The normalized spacial score (nSPS) is 12.3. The second-order valence-corrected chi connectivity index (χ2v) is 5.28. The lowest BCUT2D eigenvalue weighted by molar-refractivity contribution is 0.454. The molecule has 1 heterocycles. The van der Waals surface area contributed by atoms with Gasteiger partial charge < -0.3 is 10.5 Å². The molecule has 2 rings (SSSR count). The number of ether oxygens (including phenoxy) is 1. The monoisotopic (exact) mass is 344 g/mol. The van der Waals surface area contributed by atoms with Crippen LogP contribution in [0.25, 0.3) is 0 Å². The van der Waals surface area contributed by atoms with Crippen molar-refractivity contribution in [2.75, 3.05) is 0 Å². The molecule has 6 heteroatoms. The van der Waals surface area contributed by atoms with Crippen LogP contribution < -0.4 is 10.5 Å². The molecular formula is C13H11BrClFN2O. The summed E-state index contributed by atoms with van der Waals surface area (Å²) in [6.07, 6.45) is 1.63. The molecule has 1 aromatic carbocycles. The molecule has 0 aliphatic heterocycles. The average Bonchev–Trinajstić information content (AvgIpc) is 2.36. The van der Waals surface area contributed by atoms with Crippen molar-refractivity contribution in [2.45, 2.75) is 13.0 Å². The second kappa shape index (κ2) is 5.86. The smallest absolute Gasteiger partial charge is 0.219 e. The van der Waals surface area contributed by atoms with Gasteiger partial charge in [0.15, 0.2) is 0 Å². The molecule has 100 valence electrons. The first-order valence-corrected chi connectivity index (χ1v) is 6.68. The Kier molecular flexibility index (Phi) is 4.39. The summed E-state index contributed by atoms with van der Waals surface area (Å²) >= 11 is 8.91. The molecule has 0 saturated carbocycles. The van der Waals surface area contributed by atoms with E-state index in [0.29, 0.717) is 16.1 Å². The van der Waals surface area contributed by atoms with Gasteiger partial charge in [-0.25, -0.2) is 9.37 Å². The third-order valence-corrected chi connectivity index (χ3v) is 3.38. The van der Waals surface area contributed by atoms with Gasteiger partial charge in [0.2, 0.25) is 5.88 Å². The lowest BCUT2D eigenvalue weighted by Crippen LogP contribution is -2.05. The number of rotatable bonds is 3. The zero-order chi connectivity index (χ0) is 14.0. The topological polar surface area (TPSA) is 48.1 Å². The average molecular weight is 346 g/mol. The van der Waals surface area contributed by atoms with E-state index in [0.717, 1.165) is 5.56 Å². The van der Waals surface area contributed by atoms with E-state index >= 15 is 0 Å². The Balaban J connectivity index is 2.24. The Labute approximate surface area is 123 Å². The van der Waals surface area contributed by atoms with Crippen molar-refractivity contribution in [3.63, 3.8) is 0 Å². The van der Waals surface area contributed by atoms with Crippen LogP contribution >= 0.6 is 27.5 Å². The van der Waals surface area contributed by atoms with Gasteiger partial charge in [0, 0.05) is 24.4 Å². The van der Waals surface area contributed by atoms with Gasteiger partial charge in [-0.3, -0.25) is 0 Å². The van der Waals surface area contributed by atoms with Crippen LogP contribution in [0.1, 0.15) is 18.5 Å². The summed E-state index contributed by atoms with van der Waals surface area (Å²) in [4.78, 5) is 4.11. The number of aromatic nitrogens is 1. The van der Waals surface area contributed by atoms with Crippen LogP contribution in [-0.2, 0) is 0 Å². The Morgan fingerprint density at radius 3 is 2.74 bits per heavy atom. The Morgan fingerprint density at radius 1 is 1.42 bits per heavy atom. The molecule has 0 fully saturated rings. The maximum absolute atomic E-state index is 13.4. The van der Waals surface area contributed by atoms with E-state index in [9.17, 15) is 4.39 Å². The highest BCUT2D eigenvalue weighted by Crippen LogP contribution is 2.33. The van der Waals surface area contributed by atoms with Crippen LogP contribution in [0.2, 0.25) is 5.02 Å². The first kappa shape index (κ1) is 14.2. The van der Waals surface area contributed by atoms with Gasteiger partial charge in [0.1, 0.15) is 11.6 Å². The van der Waals surface area contributed by atoms with Crippen molar-refractivity contribution in [1.29, 1.82) is 0 Å². The van der Waals surface area contributed by atoms with Crippen molar-refractivity contribution >= 4 is 27.5 Å². The summed E-state index contributed by atoms with van der Waals surface area (Å²) in [7, 11) is 0. The molecule has 0 bridgehead atoms. The zero-order valence-electron chi connectivity index (χ0n) is 10.0. The standard InChI is InChI=1S/C13H11BrClFN2O/c1-7(17)8-2-3-13(18-6-8)19-12-5-11(16)10(15)4-9(12)14/h2-7H,17H2,1H3. The highest BCUT2D eigenvalue weighted by Gasteiger charge is 2.10. The SMILES string of the molecule is CC(N)c1ccc(Oc2cc(F)c(Cl)cc2Br)nc1. The van der Waals surface area contributed by atoms with Gasteiger partial charge in [0.25, 0.3) is 0 Å². The molecule has 2 aromatic rings. The van der Waals surface area contributed by atoms with E-state index in [-0.39, 0.29) is 11.1 Å². The molecule has 0 amide bonds. The largest absolute Gasteiger partial charge is 0.438 e. The van der Waals surface area contributed by atoms with Crippen molar-refractivity contribution in [1.82, 2.24) is 4.98 Å². The van der Waals surface area contributed by atoms with Gasteiger partial charge in [0.05, 0.1) is 9.50 Å². The maximum Gasteiger partial charge on any atom is 0.219 e. The molecule has 0 radical (unpaired) electrons. The molecule has 2 N–H and O–H groups in total. The number of hydrogen-bond donors (Lipinski definition) is 1. The third kappa shape index (κ3) is 3.43. The summed E-state index contributed by atoms with van der Waals surface area (Å²) < 4.78 is 19.4. The van der Waals surface area contributed by atoms with Crippen molar-refractivity contribution in [2.24, 2.45) is 5.73 Å². The van der Waals surface area contributed by atoms with Gasteiger partial charge in [-0.1, -0.05) is 17.7 Å². The van der Waals surface area contributed by atoms with Gasteiger partial charge in [-0.2, -0.15) is 0 Å². The predicted octanol–water partition coefficient (Wildman–Crippen LogP) is 4.45. The lowest BCUT2D eigenvalue weighted by atomic mass is 10.2. The van der Waals surface area contributed by atoms with Gasteiger partial charge in [-0.05, 0) is 34.5 Å². The van der Waals surface area contributed by atoms with E-state index in [2.05, 4.69) is 20.9 Å². The van der Waals surface area contributed by atoms with Crippen LogP contribution in [-0.4, -0.2) is 4.98 Å². The quantitative estimate of drug-likeness (QED) is 0.836. The number of halogens is 3. The fourth-order valence-electron chi connectivity index (χ4n) is 1.42. The Morgan fingerprint density at radius 2 is 2.16 bits per heavy atom. The summed E-state index contributed by atoms with van der Waals surface area (Å²) in [5, 5.41) is 0.0273. The molecule has 0 saturated heterocycles. The van der Waals surface area contributed by atoms with E-state index in [1.807, 2.05) is 13.0 Å². The third-order valence-electron chi connectivity index (χ3n) is 2.47. The number of hydrogen-bond acceptors (Lipinski definition) is 3. The molecular weight excluding hydrogens is 335 g/mol. The van der Waals surface area contributed by atoms with E-state index in [1.165, 1.54) is 12.1 Å². The second-order valence-electron chi connectivity index (χ2n) is 4.02. The lowest BCUT2D eigenvalue weighted by Gasteiger charge is -2.09. The van der Waals surface area contributed by atoms with E-state index in [1.54, 1.807) is 12.3 Å². The maximum atomic E-state index is 13.4. The highest BCUT2D eigenvalue weighted by molar-refractivity contribution is 9.10. The molecule has 1 atom stereocenters. The number of nitrogens with zero attached hydrogens (tertiary/aromatic N) is 1. The van der Waals surface area contributed by atoms with Crippen LogP contribution in [0.3, 0.4) is 0 Å². The minimum Gasteiger partial charge on any atom is -0.438 e. The number of benzene rings is 1. The Hall–Kier alpha value is -1.17. The fourth-order valence-corrected chi connectivity index (χ4v) is 2.14. The molecule has 1 aromatic heterocycles. The van der Waals surface area contributed by atoms with Crippen molar-refractivity contribution in [3.05, 3.63) is 51.3 Å². The number of nitrogens with two attached hydrogens (primary N) is 1. The first-order valence-electron chi connectivity index (χ1n) is 5.51. The predicted molar refractivity (Wildman–Crippen MR) is 76.0 cm³/mol. The van der Waals surface area contributed by atoms with Crippen molar-refractivity contribution < 1.29 is 9.13 Å². The van der Waals surface area contributed by atoms with Gasteiger partial charge in [-0.15, -0.1) is 0 Å². The minimum atomic E-state index is -0.549. The van der Waals surface area contributed by atoms with E-state index in [4.69, 9.17) is 22.1 Å². The van der Waals surface area contributed by atoms with Crippen molar-refractivity contribution in [3.8, 4) is 11.6 Å². The number of pyridine rings is 1. The molecule has 1 unspecified atom stereocenters. The summed E-state index contributed by atoms with van der Waals surface area (Å²) in [6.45, 7) is 1.86. The van der Waals surface area contributed by atoms with Crippen LogP contribution in [0.5, 0.6) is 11.6 Å². The molecule has 0 spiro atoms. The zero-order valence-corrected chi connectivity index (χ0v) is 12.4. The molecule has 3 nitrogen and oxygen atoms in total.